The predicted molar refractivity (Wildman–Crippen MR) is 243 cm³/mol. The summed E-state index contributed by atoms with van der Waals surface area (Å²) < 4.78 is 9.06. The number of hydrogen-bond acceptors (Lipinski definition) is 3. The average molecular weight is 746 g/mol. The molecule has 0 aliphatic heterocycles. The average Bonchev–Trinajstić information content (AvgIpc) is 3.87. The van der Waals surface area contributed by atoms with Crippen LogP contribution in [0.25, 0.3) is 86.6 Å². The van der Waals surface area contributed by atoms with E-state index in [2.05, 4.69) is 205 Å². The number of fused-ring (bicyclic) bond motifs is 6. The van der Waals surface area contributed by atoms with Gasteiger partial charge >= 0.3 is 0 Å². The van der Waals surface area contributed by atoms with Crippen molar-refractivity contribution in [3.05, 3.63) is 212 Å². The Balaban J connectivity index is 0.991. The Morgan fingerprint density at radius 3 is 1.53 bits per heavy atom. The molecule has 0 N–H and O–H groups in total. The number of furan rings is 1. The van der Waals surface area contributed by atoms with Crippen LogP contribution < -0.4 is 4.90 Å². The van der Waals surface area contributed by atoms with Crippen molar-refractivity contribution < 1.29 is 4.42 Å². The van der Waals surface area contributed by atoms with Crippen LogP contribution in [0.3, 0.4) is 0 Å². The zero-order chi connectivity index (χ0) is 37.7. The van der Waals surface area contributed by atoms with Gasteiger partial charge in [-0.15, -0.1) is 11.3 Å². The van der Waals surface area contributed by atoms with Crippen LogP contribution >= 0.6 is 11.3 Å². The number of rotatable bonds is 7. The van der Waals surface area contributed by atoms with E-state index in [1.54, 1.807) is 0 Å². The van der Waals surface area contributed by atoms with E-state index in [0.29, 0.717) is 0 Å². The Kier molecular flexibility index (Phi) is 8.04. The van der Waals surface area contributed by atoms with Gasteiger partial charge in [0.05, 0.1) is 0 Å². The van der Waals surface area contributed by atoms with Gasteiger partial charge in [-0.05, 0) is 81.9 Å². The van der Waals surface area contributed by atoms with Crippen LogP contribution in [0.15, 0.2) is 217 Å². The molecular weight excluding hydrogens is 711 g/mol. The Bertz CT molecular complexity index is 3210. The van der Waals surface area contributed by atoms with Crippen molar-refractivity contribution >= 4 is 70.5 Å². The molecule has 11 aromatic rings. The lowest BCUT2D eigenvalue weighted by atomic mass is 9.93. The maximum atomic E-state index is 6.41. The highest BCUT2D eigenvalue weighted by Gasteiger charge is 2.18. The third-order valence-electron chi connectivity index (χ3n) is 11.1. The van der Waals surface area contributed by atoms with Crippen molar-refractivity contribution in [2.75, 3.05) is 4.90 Å². The van der Waals surface area contributed by atoms with Crippen LogP contribution in [-0.2, 0) is 0 Å². The first kappa shape index (κ1) is 33.2. The highest BCUT2D eigenvalue weighted by atomic mass is 32.1. The summed E-state index contributed by atoms with van der Waals surface area (Å²) in [7, 11) is 0. The summed E-state index contributed by atoms with van der Waals surface area (Å²) in [6, 6.07) is 76.2. The van der Waals surface area contributed by atoms with Gasteiger partial charge in [0.2, 0.25) is 0 Å². The van der Waals surface area contributed by atoms with Gasteiger partial charge in [0.1, 0.15) is 11.2 Å². The minimum absolute atomic E-state index is 0.907. The van der Waals surface area contributed by atoms with E-state index < -0.39 is 0 Å². The van der Waals surface area contributed by atoms with Crippen molar-refractivity contribution in [1.82, 2.24) is 0 Å². The highest BCUT2D eigenvalue weighted by molar-refractivity contribution is 7.26. The van der Waals surface area contributed by atoms with Gasteiger partial charge in [-0.25, -0.2) is 0 Å². The molecule has 0 spiro atoms. The molecule has 57 heavy (non-hydrogen) atoms. The van der Waals surface area contributed by atoms with Crippen LogP contribution in [0, 0.1) is 0 Å². The molecule has 0 bridgehead atoms. The molecule has 0 saturated heterocycles. The molecular formula is C54H35NOS. The minimum Gasteiger partial charge on any atom is -0.455 e. The number of para-hydroxylation sites is 2. The van der Waals surface area contributed by atoms with Crippen LogP contribution in [0.5, 0.6) is 0 Å². The molecule has 2 nitrogen and oxygen atoms in total. The predicted octanol–water partition coefficient (Wildman–Crippen LogP) is 16.1. The molecule has 0 radical (unpaired) electrons. The second-order valence-corrected chi connectivity index (χ2v) is 15.5. The quantitative estimate of drug-likeness (QED) is 0.162. The van der Waals surface area contributed by atoms with E-state index in [9.17, 15) is 0 Å². The Morgan fingerprint density at radius 1 is 0.316 bits per heavy atom. The Hall–Kier alpha value is -7.20. The summed E-state index contributed by atoms with van der Waals surface area (Å²) in [5.41, 5.74) is 14.6. The second kappa shape index (κ2) is 13.8. The molecule has 0 saturated carbocycles. The van der Waals surface area contributed by atoms with E-state index in [1.165, 1.54) is 53.6 Å². The van der Waals surface area contributed by atoms with Crippen molar-refractivity contribution in [1.29, 1.82) is 0 Å². The van der Waals surface area contributed by atoms with Crippen molar-refractivity contribution in [3.63, 3.8) is 0 Å². The normalized spacial score (nSPS) is 11.5. The van der Waals surface area contributed by atoms with E-state index in [1.807, 2.05) is 23.5 Å². The zero-order valence-corrected chi connectivity index (χ0v) is 31.8. The molecule has 9 aromatic carbocycles. The monoisotopic (exact) mass is 745 g/mol. The molecule has 2 heterocycles. The summed E-state index contributed by atoms with van der Waals surface area (Å²) in [4.78, 5) is 2.34. The van der Waals surface area contributed by atoms with Crippen LogP contribution in [0.2, 0.25) is 0 Å². The van der Waals surface area contributed by atoms with Gasteiger partial charge in [0, 0.05) is 59.1 Å². The number of thiophene rings is 1. The molecule has 2 aromatic heterocycles. The molecule has 3 heteroatoms. The number of nitrogens with zero attached hydrogens (tertiary/aromatic N) is 1. The lowest BCUT2D eigenvalue weighted by molar-refractivity contribution is 0.670. The number of benzene rings is 9. The lowest BCUT2D eigenvalue weighted by Gasteiger charge is -2.26. The largest absolute Gasteiger partial charge is 0.455 e. The summed E-state index contributed by atoms with van der Waals surface area (Å²) in [5, 5.41) is 4.90. The SMILES string of the molecule is c1ccc(-c2ccc(N(c3ccc(-c4ccccc4-c4cccc5c4sc4ccccc45)cc3)c3ccc(-c4cccc5c4oc4ccccc45)cc3)cc2)cc1. The van der Waals surface area contributed by atoms with Crippen LogP contribution in [0.1, 0.15) is 0 Å². The van der Waals surface area contributed by atoms with Gasteiger partial charge in [0.15, 0.2) is 0 Å². The first-order valence-corrected chi connectivity index (χ1v) is 20.1. The molecule has 0 unspecified atom stereocenters. The first-order valence-electron chi connectivity index (χ1n) is 19.3. The number of anilines is 3. The van der Waals surface area contributed by atoms with E-state index >= 15 is 0 Å². The van der Waals surface area contributed by atoms with E-state index in [4.69, 9.17) is 4.42 Å². The van der Waals surface area contributed by atoms with Gasteiger partial charge in [-0.1, -0.05) is 164 Å². The summed E-state index contributed by atoms with van der Waals surface area (Å²) >= 11 is 1.88. The van der Waals surface area contributed by atoms with Gasteiger partial charge in [-0.3, -0.25) is 0 Å². The van der Waals surface area contributed by atoms with Crippen LogP contribution in [-0.4, -0.2) is 0 Å². The second-order valence-electron chi connectivity index (χ2n) is 14.4. The van der Waals surface area contributed by atoms with Gasteiger partial charge < -0.3 is 9.32 Å². The molecule has 268 valence electrons. The topological polar surface area (TPSA) is 16.4 Å². The molecule has 0 amide bonds. The summed E-state index contributed by atoms with van der Waals surface area (Å²) in [6.07, 6.45) is 0. The lowest BCUT2D eigenvalue weighted by Crippen LogP contribution is -2.09. The first-order chi connectivity index (χ1) is 28.3. The molecule has 0 fully saturated rings. The van der Waals surface area contributed by atoms with Gasteiger partial charge in [0.25, 0.3) is 0 Å². The van der Waals surface area contributed by atoms with Crippen molar-refractivity contribution in [2.24, 2.45) is 0 Å². The molecule has 0 atom stereocenters. The molecule has 0 aliphatic rings. The summed E-state index contributed by atoms with van der Waals surface area (Å²) in [5.74, 6) is 0. The van der Waals surface area contributed by atoms with Crippen LogP contribution in [0.4, 0.5) is 17.1 Å². The Morgan fingerprint density at radius 2 is 0.807 bits per heavy atom. The van der Waals surface area contributed by atoms with Crippen molar-refractivity contribution in [2.45, 2.75) is 0 Å². The Labute approximate surface area is 335 Å². The minimum atomic E-state index is 0.907. The standard InChI is InChI=1S/C54H35NOS/c1-2-12-36(13-3-1)37-24-30-40(31-25-37)55(42-34-28-39(29-35-42)44-18-10-19-48-46-16-6-8-22-51(46)56-53(44)48)41-32-26-38(27-33-41)43-14-4-5-15-45(43)49-20-11-21-50-47-17-7-9-23-52(47)57-54(49)50/h1-35H. The fourth-order valence-corrected chi connectivity index (χ4v) is 9.59. The molecule has 11 rings (SSSR count). The highest BCUT2D eigenvalue weighted by Crippen LogP contribution is 2.44. The molecule has 0 aliphatic carbocycles. The fraction of sp³-hybridized carbons (Fsp3) is 0. The third kappa shape index (κ3) is 5.80. The third-order valence-corrected chi connectivity index (χ3v) is 12.4. The maximum Gasteiger partial charge on any atom is 0.143 e. The van der Waals surface area contributed by atoms with Gasteiger partial charge in [-0.2, -0.15) is 0 Å². The fourth-order valence-electron chi connectivity index (χ4n) is 8.36. The smallest absolute Gasteiger partial charge is 0.143 e. The maximum absolute atomic E-state index is 6.41. The summed E-state index contributed by atoms with van der Waals surface area (Å²) in [6.45, 7) is 0. The van der Waals surface area contributed by atoms with E-state index in [-0.39, 0.29) is 0 Å². The zero-order valence-electron chi connectivity index (χ0n) is 31.0. The van der Waals surface area contributed by atoms with E-state index in [0.717, 1.165) is 50.1 Å². The number of hydrogen-bond donors (Lipinski definition) is 0. The van der Waals surface area contributed by atoms with Crippen molar-refractivity contribution in [3.8, 4) is 44.5 Å².